The molecule has 9 nitrogen and oxygen atoms in total. The summed E-state index contributed by atoms with van der Waals surface area (Å²) in [6, 6.07) is 4.19. The van der Waals surface area contributed by atoms with Gasteiger partial charge in [-0.05, 0) is 50.9 Å². The van der Waals surface area contributed by atoms with Gasteiger partial charge in [0.2, 0.25) is 11.7 Å². The van der Waals surface area contributed by atoms with E-state index in [4.69, 9.17) is 4.63 Å². The number of nitrogens with one attached hydrogen (secondary N) is 2. The van der Waals surface area contributed by atoms with Gasteiger partial charge in [0.05, 0.1) is 4.47 Å². The van der Waals surface area contributed by atoms with Crippen LogP contribution in [0.15, 0.2) is 36.8 Å². The van der Waals surface area contributed by atoms with Gasteiger partial charge in [-0.25, -0.2) is 17.6 Å². The van der Waals surface area contributed by atoms with Crippen molar-refractivity contribution in [3.8, 4) is 0 Å². The van der Waals surface area contributed by atoms with Crippen LogP contribution in [-0.4, -0.2) is 50.7 Å². The van der Waals surface area contributed by atoms with Crippen molar-refractivity contribution in [3.63, 3.8) is 0 Å². The van der Waals surface area contributed by atoms with Gasteiger partial charge in [0.1, 0.15) is 5.82 Å². The summed E-state index contributed by atoms with van der Waals surface area (Å²) >= 11 is 3.08. The first kappa shape index (κ1) is 21.1. The van der Waals surface area contributed by atoms with Gasteiger partial charge in [0, 0.05) is 40.5 Å². The van der Waals surface area contributed by atoms with E-state index in [9.17, 15) is 13.8 Å². The molecule has 0 saturated carbocycles. The monoisotopic (exact) mass is 462 g/mol. The molecule has 1 atom stereocenters. The summed E-state index contributed by atoms with van der Waals surface area (Å²) in [5.74, 6) is 0.0425. The van der Waals surface area contributed by atoms with Crippen LogP contribution in [0.4, 0.5) is 15.9 Å². The second kappa shape index (κ2) is 9.65. The summed E-state index contributed by atoms with van der Waals surface area (Å²) in [7, 11) is -2.30. The van der Waals surface area contributed by atoms with Gasteiger partial charge >= 0.3 is 0 Å². The van der Waals surface area contributed by atoms with Crippen LogP contribution in [0.1, 0.15) is 19.0 Å². The van der Waals surface area contributed by atoms with E-state index in [0.29, 0.717) is 24.5 Å². The van der Waals surface area contributed by atoms with Crippen LogP contribution in [0.2, 0.25) is 0 Å². The molecule has 12 heteroatoms. The fourth-order valence-corrected chi connectivity index (χ4v) is 3.57. The highest BCUT2D eigenvalue weighted by Crippen LogP contribution is 2.21. The third-order valence-corrected chi connectivity index (χ3v) is 5.65. The standard InChI is InChI=1S/C15H20BrFN6O3S/c1-3-6-19-27(2,25)8-7-18-14-13(22-26-23-14)15(21-24)20-10-4-5-12(17)11(16)9-10/h4-5,9,24H,3,6-8H2,1-2H3,(H,18,23)(H,20,21). The van der Waals surface area contributed by atoms with Gasteiger partial charge in [0.15, 0.2) is 5.69 Å². The molecule has 0 aliphatic heterocycles. The first-order valence-corrected chi connectivity index (χ1v) is 10.9. The lowest BCUT2D eigenvalue weighted by Gasteiger charge is -2.09. The normalized spacial score (nSPS) is 13.9. The number of rotatable bonds is 8. The zero-order valence-electron chi connectivity index (χ0n) is 14.8. The van der Waals surface area contributed by atoms with E-state index >= 15 is 0 Å². The van der Waals surface area contributed by atoms with Crippen molar-refractivity contribution >= 4 is 43.0 Å². The highest BCUT2D eigenvalue weighted by atomic mass is 79.9. The van der Waals surface area contributed by atoms with Crippen molar-refractivity contribution in [2.45, 2.75) is 13.3 Å². The number of hydrogen-bond acceptors (Lipinski definition) is 8. The van der Waals surface area contributed by atoms with E-state index in [-0.39, 0.29) is 21.8 Å². The zero-order chi connectivity index (χ0) is 19.9. The molecule has 0 fully saturated rings. The number of amidine groups is 1. The van der Waals surface area contributed by atoms with E-state index in [1.807, 2.05) is 6.92 Å². The number of oxime groups is 1. The van der Waals surface area contributed by atoms with E-state index in [1.54, 1.807) is 6.26 Å². The Morgan fingerprint density at radius 3 is 2.89 bits per heavy atom. The molecule has 2 rings (SSSR count). The Morgan fingerprint density at radius 2 is 2.22 bits per heavy atom. The molecule has 0 bridgehead atoms. The maximum atomic E-state index is 13.3. The Hall–Kier alpha value is -2.21. The summed E-state index contributed by atoms with van der Waals surface area (Å²) in [4.78, 5) is 0. The molecule has 0 saturated heterocycles. The Morgan fingerprint density at radius 1 is 1.44 bits per heavy atom. The molecule has 27 heavy (non-hydrogen) atoms. The largest absolute Gasteiger partial charge is 0.409 e. The third-order valence-electron chi connectivity index (χ3n) is 3.36. The van der Waals surface area contributed by atoms with Crippen LogP contribution < -0.4 is 10.6 Å². The molecular formula is C15H20BrFN6O3S. The fourth-order valence-electron chi connectivity index (χ4n) is 2.01. The number of hydrogen-bond donors (Lipinski definition) is 3. The number of halogens is 2. The molecule has 3 N–H and O–H groups in total. The van der Waals surface area contributed by atoms with Crippen molar-refractivity contribution in [2.75, 3.05) is 35.7 Å². The maximum Gasteiger partial charge on any atom is 0.203 e. The minimum absolute atomic E-state index is 0.0508. The van der Waals surface area contributed by atoms with Crippen molar-refractivity contribution < 1.29 is 18.4 Å². The highest BCUT2D eigenvalue weighted by Gasteiger charge is 2.18. The number of benzene rings is 1. The molecule has 1 heterocycles. The van der Waals surface area contributed by atoms with Crippen LogP contribution in [0, 0.1) is 5.82 Å². The van der Waals surface area contributed by atoms with Gasteiger partial charge in [-0.3, -0.25) is 0 Å². The SMILES string of the molecule is CCCN=S(C)(=O)CCNc1nonc1/C(=N/O)Nc1ccc(F)c(Br)c1. The average Bonchev–Trinajstić information content (AvgIpc) is 3.09. The van der Waals surface area contributed by atoms with Gasteiger partial charge in [0.25, 0.3) is 0 Å². The van der Waals surface area contributed by atoms with Gasteiger partial charge < -0.3 is 15.8 Å². The Kier molecular flexibility index (Phi) is 7.54. The summed E-state index contributed by atoms with van der Waals surface area (Å²) in [5.41, 5.74) is 0.575. The van der Waals surface area contributed by atoms with Crippen LogP contribution in [0.5, 0.6) is 0 Å². The zero-order valence-corrected chi connectivity index (χ0v) is 17.2. The summed E-state index contributed by atoms with van der Waals surface area (Å²) in [6.07, 6.45) is 2.43. The lowest BCUT2D eigenvalue weighted by molar-refractivity contribution is 0.305. The summed E-state index contributed by atoms with van der Waals surface area (Å²) in [5, 5.41) is 25.6. The van der Waals surface area contributed by atoms with Crippen LogP contribution in [0.3, 0.4) is 0 Å². The lowest BCUT2D eigenvalue weighted by Crippen LogP contribution is -2.19. The maximum absolute atomic E-state index is 13.3. The fraction of sp³-hybridized carbons (Fsp3) is 0.400. The molecule has 0 spiro atoms. The predicted molar refractivity (Wildman–Crippen MR) is 105 cm³/mol. The molecule has 1 aromatic carbocycles. The first-order valence-electron chi connectivity index (χ1n) is 8.03. The number of nitrogens with zero attached hydrogens (tertiary/aromatic N) is 4. The molecule has 0 amide bonds. The Bertz CT molecular complexity index is 926. The van der Waals surface area contributed by atoms with Gasteiger partial charge in [-0.1, -0.05) is 12.1 Å². The van der Waals surface area contributed by atoms with Crippen LogP contribution >= 0.6 is 15.9 Å². The van der Waals surface area contributed by atoms with E-state index in [1.165, 1.54) is 18.2 Å². The molecule has 0 aliphatic rings. The Balaban J connectivity index is 2.07. The molecule has 1 unspecified atom stereocenters. The predicted octanol–water partition coefficient (Wildman–Crippen LogP) is 3.14. The quantitative estimate of drug-likeness (QED) is 0.238. The third kappa shape index (κ3) is 6.17. The van der Waals surface area contributed by atoms with Crippen molar-refractivity contribution in [2.24, 2.45) is 9.52 Å². The lowest BCUT2D eigenvalue weighted by atomic mass is 10.3. The first-order chi connectivity index (χ1) is 12.9. The van der Waals surface area contributed by atoms with Crippen molar-refractivity contribution in [1.29, 1.82) is 0 Å². The summed E-state index contributed by atoms with van der Waals surface area (Å²) in [6.45, 7) is 2.82. The van der Waals surface area contributed by atoms with Crippen molar-refractivity contribution in [3.05, 3.63) is 34.2 Å². The summed E-state index contributed by atoms with van der Waals surface area (Å²) < 4.78 is 34.7. The van der Waals surface area contributed by atoms with E-state index in [0.717, 1.165) is 6.42 Å². The smallest absolute Gasteiger partial charge is 0.203 e. The van der Waals surface area contributed by atoms with Crippen LogP contribution in [0.25, 0.3) is 0 Å². The van der Waals surface area contributed by atoms with Crippen molar-refractivity contribution in [1.82, 2.24) is 10.3 Å². The topological polar surface area (TPSA) is 125 Å². The molecule has 0 aliphatic carbocycles. The number of aromatic nitrogens is 2. The van der Waals surface area contributed by atoms with Gasteiger partial charge in [-0.2, -0.15) is 0 Å². The highest BCUT2D eigenvalue weighted by molar-refractivity contribution is 9.10. The molecule has 1 aromatic heterocycles. The Labute approximate surface area is 164 Å². The van der Waals surface area contributed by atoms with Crippen LogP contribution in [-0.2, 0) is 9.73 Å². The minimum atomic E-state index is -2.30. The second-order valence-electron chi connectivity index (χ2n) is 5.61. The molecule has 0 radical (unpaired) electrons. The van der Waals surface area contributed by atoms with E-state index in [2.05, 4.69) is 46.4 Å². The number of anilines is 2. The molecule has 148 valence electrons. The van der Waals surface area contributed by atoms with Gasteiger partial charge in [-0.15, -0.1) is 0 Å². The second-order valence-corrected chi connectivity index (χ2v) is 9.05. The molecular weight excluding hydrogens is 443 g/mol. The molecule has 2 aromatic rings. The van der Waals surface area contributed by atoms with E-state index < -0.39 is 15.5 Å². The minimum Gasteiger partial charge on any atom is -0.409 e. The average molecular weight is 463 g/mol.